The molecule has 1 aliphatic heterocycles. The summed E-state index contributed by atoms with van der Waals surface area (Å²) >= 11 is 11.8. The number of aromatic nitrogens is 1. The van der Waals surface area contributed by atoms with Gasteiger partial charge in [-0.2, -0.15) is 0 Å². The molecule has 0 aliphatic carbocycles. The van der Waals surface area contributed by atoms with Crippen LogP contribution in [0, 0.1) is 0 Å². The van der Waals surface area contributed by atoms with Gasteiger partial charge in [-0.3, -0.25) is 0 Å². The van der Waals surface area contributed by atoms with Gasteiger partial charge in [-0.1, -0.05) is 60.8 Å². The second-order valence-electron chi connectivity index (χ2n) is 9.11. The van der Waals surface area contributed by atoms with E-state index in [1.807, 2.05) is 6.07 Å². The van der Waals surface area contributed by atoms with E-state index in [4.69, 9.17) is 38.5 Å². The van der Waals surface area contributed by atoms with Gasteiger partial charge in [0.1, 0.15) is 5.75 Å². The monoisotopic (exact) mass is 643 g/mol. The molecule has 0 saturated carbocycles. The van der Waals surface area contributed by atoms with Gasteiger partial charge in [-0.25, -0.2) is 5.26 Å². The van der Waals surface area contributed by atoms with Crippen LogP contribution in [0.3, 0.4) is 0 Å². The summed E-state index contributed by atoms with van der Waals surface area (Å²) in [6, 6.07) is 20.9. The first kappa shape index (κ1) is 31.9. The number of aromatic amines is 1. The molecule has 0 fully saturated rings. The number of nitrogens with zero attached hydrogens (tertiary/aromatic N) is 2. The minimum absolute atomic E-state index is 0. The molecule has 4 aromatic rings. The van der Waals surface area contributed by atoms with E-state index in [-0.39, 0.29) is 38.8 Å². The fourth-order valence-corrected chi connectivity index (χ4v) is 4.97. The first-order valence-corrected chi connectivity index (χ1v) is 13.8. The molecule has 5 rings (SSSR count). The average molecular weight is 644 g/mol. The van der Waals surface area contributed by atoms with Gasteiger partial charge in [0.25, 0.3) is 0 Å². The van der Waals surface area contributed by atoms with Crippen LogP contribution in [-0.2, 0) is 39.1 Å². The summed E-state index contributed by atoms with van der Waals surface area (Å²) in [7, 11) is 0. The van der Waals surface area contributed by atoms with Crippen molar-refractivity contribution < 1.29 is 47.6 Å². The largest absolute Gasteiger partial charge is 0.650 e. The quantitative estimate of drug-likeness (QED) is 0.110. The number of hydrogen-bond acceptors (Lipinski definition) is 4. The molecule has 6 nitrogen and oxygen atoms in total. The Bertz CT molecular complexity index is 1300. The molecule has 9 heteroatoms. The Morgan fingerprint density at radius 3 is 2.28 bits per heavy atom. The summed E-state index contributed by atoms with van der Waals surface area (Å²) in [6.07, 6.45) is 2.00. The van der Waals surface area contributed by atoms with E-state index in [9.17, 15) is 0 Å². The third-order valence-electron chi connectivity index (χ3n) is 6.74. The van der Waals surface area contributed by atoms with Crippen LogP contribution in [-0.4, -0.2) is 47.9 Å². The topological polar surface area (TPSA) is 71.8 Å². The van der Waals surface area contributed by atoms with E-state index in [0.29, 0.717) is 10.8 Å². The molecule has 2 heterocycles. The maximum Gasteiger partial charge on any atom is 0.165 e. The minimum Gasteiger partial charge on any atom is -0.650 e. The Morgan fingerprint density at radius 1 is 0.949 bits per heavy atom. The van der Waals surface area contributed by atoms with Gasteiger partial charge in [0.2, 0.25) is 0 Å². The van der Waals surface area contributed by atoms with Crippen LogP contribution in [0.4, 0.5) is 0 Å². The van der Waals surface area contributed by atoms with Crippen LogP contribution in [0.1, 0.15) is 43.1 Å². The predicted octanol–water partition coefficient (Wildman–Crippen LogP) is 8.14. The molecule has 1 atom stereocenters. The van der Waals surface area contributed by atoms with Crippen molar-refractivity contribution in [1.29, 1.82) is 0 Å². The fraction of sp³-hybridized carbons (Fsp3) is 0.333. The van der Waals surface area contributed by atoms with E-state index in [1.54, 1.807) is 24.3 Å². The average Bonchev–Trinajstić information content (AvgIpc) is 3.32. The molecule has 0 spiro atoms. The predicted molar refractivity (Wildman–Crippen MR) is 156 cm³/mol. The maximum absolute atomic E-state index is 8.09. The van der Waals surface area contributed by atoms with Gasteiger partial charge in [0.15, 0.2) is 5.75 Å². The smallest absolute Gasteiger partial charge is 0.165 e. The van der Waals surface area contributed by atoms with E-state index < -0.39 is 0 Å². The number of hydrogen-bond donors (Lipinski definition) is 2. The zero-order valence-electron chi connectivity index (χ0n) is 22.4. The summed E-state index contributed by atoms with van der Waals surface area (Å²) in [4.78, 5) is 9.91. The minimum atomic E-state index is 0. The van der Waals surface area contributed by atoms with E-state index in [2.05, 4.69) is 65.0 Å². The molecule has 3 aromatic carbocycles. The normalized spacial score (nSPS) is 14.3. The number of halogens is 2. The third-order valence-corrected chi connectivity index (χ3v) is 7.23. The van der Waals surface area contributed by atoms with Crippen molar-refractivity contribution >= 4 is 34.1 Å². The number of rotatable bonds is 9. The Labute approximate surface area is 265 Å². The molecule has 2 N–H and O–H groups in total. The Balaban J connectivity index is 0.000000359. The molecule has 1 radical (unpaired) electrons. The fourth-order valence-electron chi connectivity index (χ4n) is 4.67. The number of benzene rings is 3. The SMILES string of the molecule is CCN(CC)CCCOc1ccc(C2[N-]CCc3c2[nH]c2ccc(Cl)cc32)cc1.OOc1ccc(Cl)cc1.[Y]. The molecular formula is C30H34Cl2N3O3Y-. The number of nitrogens with one attached hydrogen (secondary N) is 1. The second kappa shape index (κ2) is 16.0. The molecule has 1 aliphatic rings. The van der Waals surface area contributed by atoms with Crippen molar-refractivity contribution in [2.24, 2.45) is 0 Å². The van der Waals surface area contributed by atoms with Crippen molar-refractivity contribution in [1.82, 2.24) is 9.88 Å². The summed E-state index contributed by atoms with van der Waals surface area (Å²) in [5, 5.41) is 15.6. The molecule has 0 bridgehead atoms. The molecule has 0 saturated heterocycles. The Kier molecular flexibility index (Phi) is 13.1. The van der Waals surface area contributed by atoms with Gasteiger partial charge >= 0.3 is 0 Å². The standard InChI is InChI=1S/C24H29ClN3O.C6H5ClO2.Y/c1-3-28(4-2)14-5-15-29-19-9-6-17(7-10-19)23-24-20(12-13-26-23)21-16-18(25)8-11-22(21)27-24;7-5-1-3-6(9-8)4-2-5;/h6-11,16,23,27H,3-5,12-15H2,1-2H3;1-4,8H;/q-1;;. The van der Waals surface area contributed by atoms with Crippen molar-refractivity contribution in [2.75, 3.05) is 32.8 Å². The summed E-state index contributed by atoms with van der Waals surface area (Å²) in [6.45, 7) is 9.26. The number of ether oxygens (including phenoxy) is 1. The third kappa shape index (κ3) is 8.67. The van der Waals surface area contributed by atoms with Gasteiger partial charge in [-0.15, -0.1) is 6.54 Å². The van der Waals surface area contributed by atoms with Crippen molar-refractivity contribution in [3.8, 4) is 11.5 Å². The molecule has 205 valence electrons. The zero-order chi connectivity index (χ0) is 26.9. The first-order chi connectivity index (χ1) is 18.5. The van der Waals surface area contributed by atoms with Crippen molar-refractivity contribution in [2.45, 2.75) is 32.7 Å². The van der Waals surface area contributed by atoms with Crippen LogP contribution in [0.25, 0.3) is 16.2 Å². The van der Waals surface area contributed by atoms with E-state index in [1.165, 1.54) is 22.2 Å². The number of fused-ring (bicyclic) bond motifs is 3. The second-order valence-corrected chi connectivity index (χ2v) is 9.98. The van der Waals surface area contributed by atoms with Gasteiger partial charge in [-0.05, 0) is 86.1 Å². The van der Waals surface area contributed by atoms with Gasteiger partial charge in [0.05, 0.1) is 6.61 Å². The van der Waals surface area contributed by atoms with Crippen LogP contribution in [0.5, 0.6) is 11.5 Å². The molecule has 0 amide bonds. The van der Waals surface area contributed by atoms with Crippen LogP contribution in [0.15, 0.2) is 66.7 Å². The van der Waals surface area contributed by atoms with Crippen molar-refractivity contribution in [3.63, 3.8) is 0 Å². The summed E-state index contributed by atoms with van der Waals surface area (Å²) in [5.41, 5.74) is 4.87. The van der Waals surface area contributed by atoms with Gasteiger partial charge < -0.3 is 24.8 Å². The van der Waals surface area contributed by atoms with Crippen LogP contribution < -0.4 is 9.62 Å². The molecular weight excluding hydrogens is 610 g/mol. The van der Waals surface area contributed by atoms with Crippen LogP contribution >= 0.6 is 23.2 Å². The zero-order valence-corrected chi connectivity index (χ0v) is 26.7. The number of H-pyrrole nitrogens is 1. The van der Waals surface area contributed by atoms with E-state index in [0.717, 1.165) is 61.9 Å². The van der Waals surface area contributed by atoms with Gasteiger partial charge in [0, 0.05) is 65.9 Å². The van der Waals surface area contributed by atoms with Crippen molar-refractivity contribution in [3.05, 3.63) is 98.9 Å². The molecule has 1 aromatic heterocycles. The summed E-state index contributed by atoms with van der Waals surface area (Å²) in [5.74, 6) is 1.31. The maximum atomic E-state index is 8.09. The van der Waals surface area contributed by atoms with Crippen LogP contribution in [0.2, 0.25) is 10.0 Å². The molecule has 39 heavy (non-hydrogen) atoms. The molecule has 1 unspecified atom stereocenters. The Morgan fingerprint density at radius 2 is 1.62 bits per heavy atom. The van der Waals surface area contributed by atoms with E-state index >= 15 is 0 Å². The summed E-state index contributed by atoms with van der Waals surface area (Å²) < 4.78 is 5.94. The Hall–Kier alpha value is -1.64. The first-order valence-electron chi connectivity index (χ1n) is 13.0.